The molecule has 1 aromatic carbocycles. The molecular formula is C18H22O9. The maximum absolute atomic E-state index is 11.9. The van der Waals surface area contributed by atoms with Gasteiger partial charge >= 0.3 is 23.9 Å². The van der Waals surface area contributed by atoms with Gasteiger partial charge in [-0.05, 0) is 26.3 Å². The van der Waals surface area contributed by atoms with Gasteiger partial charge in [-0.15, -0.1) is 0 Å². The Morgan fingerprint density at radius 1 is 0.889 bits per heavy atom. The summed E-state index contributed by atoms with van der Waals surface area (Å²) in [6.45, 7) is 3.31. The third-order valence-corrected chi connectivity index (χ3v) is 3.29. The van der Waals surface area contributed by atoms with Crippen molar-refractivity contribution in [3.63, 3.8) is 0 Å². The third-order valence-electron chi connectivity index (χ3n) is 3.29. The number of carboxylic acid groups (broad SMARTS) is 1. The van der Waals surface area contributed by atoms with Gasteiger partial charge in [0.1, 0.15) is 0 Å². The first-order chi connectivity index (χ1) is 12.7. The highest BCUT2D eigenvalue weighted by atomic mass is 16.6. The molecule has 1 rings (SSSR count). The topological polar surface area (TPSA) is 125 Å². The number of carbonyl (C=O) groups is 4. The summed E-state index contributed by atoms with van der Waals surface area (Å²) in [6.07, 6.45) is -3.55. The van der Waals surface area contributed by atoms with E-state index in [1.165, 1.54) is 13.8 Å². The van der Waals surface area contributed by atoms with E-state index in [1.54, 1.807) is 0 Å². The van der Waals surface area contributed by atoms with E-state index >= 15 is 0 Å². The molecule has 0 saturated heterocycles. The molecule has 0 aliphatic carbocycles. The Kier molecular flexibility index (Phi) is 8.94. The highest BCUT2D eigenvalue weighted by Crippen LogP contribution is 2.06. The summed E-state index contributed by atoms with van der Waals surface area (Å²) in [6, 6.07) is 9.20. The second-order valence-corrected chi connectivity index (χ2v) is 5.60. The number of ether oxygens (including phenoxy) is 4. The number of carboxylic acids is 1. The van der Waals surface area contributed by atoms with Crippen LogP contribution in [0.5, 0.6) is 0 Å². The van der Waals surface area contributed by atoms with Gasteiger partial charge in [0.2, 0.25) is 0 Å². The largest absolute Gasteiger partial charge is 0.479 e. The van der Waals surface area contributed by atoms with Crippen LogP contribution in [-0.2, 0) is 44.7 Å². The number of hydrogen-bond donors (Lipinski definition) is 1. The zero-order valence-electron chi connectivity index (χ0n) is 15.2. The predicted octanol–water partition coefficient (Wildman–Crippen LogP) is 1.08. The quantitative estimate of drug-likeness (QED) is 0.467. The highest BCUT2D eigenvalue weighted by Gasteiger charge is 2.25. The Morgan fingerprint density at radius 2 is 1.52 bits per heavy atom. The van der Waals surface area contributed by atoms with Gasteiger partial charge in [0.05, 0.1) is 6.61 Å². The summed E-state index contributed by atoms with van der Waals surface area (Å²) >= 11 is 0. The van der Waals surface area contributed by atoms with Crippen molar-refractivity contribution in [2.75, 3.05) is 6.61 Å². The molecule has 0 saturated carbocycles. The molecule has 0 radical (unpaired) electrons. The smallest absolute Gasteiger partial charge is 0.347 e. The molecule has 0 aromatic heterocycles. The molecule has 0 spiro atoms. The Morgan fingerprint density at radius 3 is 2.11 bits per heavy atom. The standard InChI is InChI=1S/C18H22O9/c1-11(16(20)21)26-15(19)10-25-17(22)13(3)27-18(23)12(2)24-9-14-7-5-4-6-8-14/h4-8,11-13H,9-10H2,1-3H3,(H,20,21)/t11-,12-,13?/m0/s1. The lowest BCUT2D eigenvalue weighted by Crippen LogP contribution is -2.33. The van der Waals surface area contributed by atoms with Gasteiger partial charge in [0, 0.05) is 0 Å². The average Bonchev–Trinajstić information content (AvgIpc) is 2.64. The van der Waals surface area contributed by atoms with Gasteiger partial charge in [-0.1, -0.05) is 30.3 Å². The summed E-state index contributed by atoms with van der Waals surface area (Å²) in [7, 11) is 0. The van der Waals surface area contributed by atoms with Crippen LogP contribution in [0.4, 0.5) is 0 Å². The summed E-state index contributed by atoms with van der Waals surface area (Å²) < 4.78 is 19.4. The summed E-state index contributed by atoms with van der Waals surface area (Å²) in [5, 5.41) is 8.61. The van der Waals surface area contributed by atoms with Crippen molar-refractivity contribution in [1.29, 1.82) is 0 Å². The van der Waals surface area contributed by atoms with E-state index in [0.29, 0.717) is 0 Å². The SMILES string of the molecule is CC(OC(=O)[C@H](C)OCc1ccccc1)C(=O)OCC(=O)O[C@@H](C)C(=O)O. The molecule has 9 heteroatoms. The number of rotatable bonds is 10. The Balaban J connectivity index is 2.35. The lowest BCUT2D eigenvalue weighted by atomic mass is 10.2. The zero-order valence-corrected chi connectivity index (χ0v) is 15.2. The fourth-order valence-corrected chi connectivity index (χ4v) is 1.71. The van der Waals surface area contributed by atoms with Gasteiger partial charge in [0.25, 0.3) is 0 Å². The van der Waals surface area contributed by atoms with Gasteiger partial charge in [-0.2, -0.15) is 0 Å². The number of carbonyl (C=O) groups excluding carboxylic acids is 3. The van der Waals surface area contributed by atoms with Gasteiger partial charge < -0.3 is 24.1 Å². The van der Waals surface area contributed by atoms with E-state index in [9.17, 15) is 19.2 Å². The van der Waals surface area contributed by atoms with Crippen molar-refractivity contribution in [1.82, 2.24) is 0 Å². The second kappa shape index (κ2) is 10.9. The molecule has 27 heavy (non-hydrogen) atoms. The monoisotopic (exact) mass is 382 g/mol. The van der Waals surface area contributed by atoms with Crippen molar-refractivity contribution in [3.8, 4) is 0 Å². The van der Waals surface area contributed by atoms with Crippen LogP contribution in [0.1, 0.15) is 26.3 Å². The van der Waals surface area contributed by atoms with Crippen LogP contribution in [0, 0.1) is 0 Å². The van der Waals surface area contributed by atoms with Gasteiger partial charge in [-0.3, -0.25) is 0 Å². The maximum atomic E-state index is 11.9. The van der Waals surface area contributed by atoms with Crippen LogP contribution in [0.2, 0.25) is 0 Å². The molecule has 3 atom stereocenters. The number of benzene rings is 1. The molecular weight excluding hydrogens is 360 g/mol. The highest BCUT2D eigenvalue weighted by molar-refractivity contribution is 5.83. The minimum Gasteiger partial charge on any atom is -0.479 e. The van der Waals surface area contributed by atoms with Crippen molar-refractivity contribution in [2.24, 2.45) is 0 Å². The van der Waals surface area contributed by atoms with Crippen molar-refractivity contribution < 1.29 is 43.2 Å². The molecule has 1 unspecified atom stereocenters. The first-order valence-electron chi connectivity index (χ1n) is 8.15. The number of hydrogen-bond acceptors (Lipinski definition) is 8. The molecule has 0 bridgehead atoms. The van der Waals surface area contributed by atoms with E-state index in [1.807, 2.05) is 30.3 Å². The summed E-state index contributed by atoms with van der Waals surface area (Å²) in [4.78, 5) is 45.6. The first-order valence-corrected chi connectivity index (χ1v) is 8.15. The Bertz CT molecular complexity index is 656. The molecule has 1 N–H and O–H groups in total. The van der Waals surface area contributed by atoms with Crippen LogP contribution in [0.25, 0.3) is 0 Å². The van der Waals surface area contributed by atoms with Gasteiger partial charge in [0.15, 0.2) is 24.9 Å². The third kappa shape index (κ3) is 8.32. The first kappa shape index (κ1) is 22.1. The van der Waals surface area contributed by atoms with Crippen molar-refractivity contribution in [3.05, 3.63) is 35.9 Å². The van der Waals surface area contributed by atoms with Crippen LogP contribution in [-0.4, -0.2) is 53.9 Å². The van der Waals surface area contributed by atoms with Crippen molar-refractivity contribution in [2.45, 2.75) is 45.7 Å². The van der Waals surface area contributed by atoms with Gasteiger partial charge in [-0.25, -0.2) is 19.2 Å². The summed E-state index contributed by atoms with van der Waals surface area (Å²) in [5.41, 5.74) is 0.874. The van der Waals surface area contributed by atoms with Crippen LogP contribution >= 0.6 is 0 Å². The molecule has 0 aliphatic heterocycles. The molecule has 148 valence electrons. The normalized spacial score (nSPS) is 13.7. The minimum absolute atomic E-state index is 0.198. The zero-order chi connectivity index (χ0) is 20.4. The van der Waals surface area contributed by atoms with Crippen molar-refractivity contribution >= 4 is 23.9 Å². The van der Waals surface area contributed by atoms with Crippen LogP contribution in [0.3, 0.4) is 0 Å². The van der Waals surface area contributed by atoms with E-state index < -0.39 is 48.8 Å². The molecule has 0 heterocycles. The maximum Gasteiger partial charge on any atom is 0.347 e. The summed E-state index contributed by atoms with van der Waals surface area (Å²) in [5.74, 6) is -4.10. The van der Waals surface area contributed by atoms with E-state index in [0.717, 1.165) is 12.5 Å². The fourth-order valence-electron chi connectivity index (χ4n) is 1.71. The van der Waals surface area contributed by atoms with Crippen LogP contribution < -0.4 is 0 Å². The molecule has 9 nitrogen and oxygen atoms in total. The Labute approximate surface area is 156 Å². The minimum atomic E-state index is -1.37. The lowest BCUT2D eigenvalue weighted by Gasteiger charge is -2.16. The number of esters is 3. The number of aliphatic carboxylic acids is 1. The van der Waals surface area contributed by atoms with E-state index in [-0.39, 0.29) is 6.61 Å². The lowest BCUT2D eigenvalue weighted by molar-refractivity contribution is -0.178. The molecule has 0 amide bonds. The van der Waals surface area contributed by atoms with E-state index in [2.05, 4.69) is 9.47 Å². The Hall–Kier alpha value is -2.94. The fraction of sp³-hybridized carbons (Fsp3) is 0.444. The molecule has 0 aliphatic rings. The molecule has 1 aromatic rings. The van der Waals surface area contributed by atoms with Crippen LogP contribution in [0.15, 0.2) is 30.3 Å². The van der Waals surface area contributed by atoms with E-state index in [4.69, 9.17) is 14.6 Å². The second-order valence-electron chi connectivity index (χ2n) is 5.60. The molecule has 0 fully saturated rings. The average molecular weight is 382 g/mol. The predicted molar refractivity (Wildman–Crippen MR) is 90.4 cm³/mol.